The molecule has 0 aromatic carbocycles. The predicted molar refractivity (Wildman–Crippen MR) is 89.1 cm³/mol. The van der Waals surface area contributed by atoms with Gasteiger partial charge in [-0.1, -0.05) is 20.8 Å². The molecule has 132 valence electrons. The molecule has 0 saturated heterocycles. The van der Waals surface area contributed by atoms with Gasteiger partial charge in [-0.05, 0) is 18.1 Å². The first-order valence-corrected chi connectivity index (χ1v) is 11.9. The zero-order chi connectivity index (χ0) is 18.0. The first-order valence-electron chi connectivity index (χ1n) is 7.49. The molecule has 0 N–H and O–H groups in total. The average molecular weight is 362 g/mol. The second-order valence-corrected chi connectivity index (χ2v) is 12.9. The fraction of sp³-hybridized carbons (Fsp3) is 0.857. The lowest BCUT2D eigenvalue weighted by atomic mass is 10.2. The SMILES string of the molecule is CC(C)(C)[Si](C)(C)OCCOP(=O)(OCCC#N)OCCC#N. The van der Waals surface area contributed by atoms with Gasteiger partial charge >= 0.3 is 7.82 Å². The Morgan fingerprint density at radius 2 is 1.35 bits per heavy atom. The van der Waals surface area contributed by atoms with Crippen LogP contribution in [0.2, 0.25) is 18.1 Å². The molecule has 0 heterocycles. The van der Waals surface area contributed by atoms with Crippen LogP contribution >= 0.6 is 7.82 Å². The van der Waals surface area contributed by atoms with Gasteiger partial charge in [0, 0.05) is 0 Å². The first kappa shape index (κ1) is 22.3. The van der Waals surface area contributed by atoms with Gasteiger partial charge in [0.1, 0.15) is 0 Å². The van der Waals surface area contributed by atoms with E-state index in [1.165, 1.54) is 0 Å². The lowest BCUT2D eigenvalue weighted by Gasteiger charge is -2.36. The van der Waals surface area contributed by atoms with E-state index >= 15 is 0 Å². The van der Waals surface area contributed by atoms with Gasteiger partial charge in [-0.2, -0.15) is 10.5 Å². The van der Waals surface area contributed by atoms with Gasteiger partial charge in [0.25, 0.3) is 0 Å². The highest BCUT2D eigenvalue weighted by atomic mass is 31.2. The molecule has 9 heteroatoms. The van der Waals surface area contributed by atoms with Crippen molar-refractivity contribution in [3.05, 3.63) is 0 Å². The van der Waals surface area contributed by atoms with Crippen LogP contribution in [0.25, 0.3) is 0 Å². The zero-order valence-corrected chi connectivity index (χ0v) is 16.5. The summed E-state index contributed by atoms with van der Waals surface area (Å²) in [7, 11) is -5.67. The van der Waals surface area contributed by atoms with Crippen LogP contribution in [0.15, 0.2) is 0 Å². The van der Waals surface area contributed by atoms with Crippen molar-refractivity contribution >= 4 is 16.1 Å². The molecular formula is C14H27N2O5PSi. The third-order valence-corrected chi connectivity index (χ3v) is 9.56. The Morgan fingerprint density at radius 3 is 1.74 bits per heavy atom. The summed E-state index contributed by atoms with van der Waals surface area (Å²) < 4.78 is 33.6. The van der Waals surface area contributed by atoms with E-state index in [1.807, 2.05) is 12.1 Å². The molecule has 0 aromatic heterocycles. The number of hydrogen-bond acceptors (Lipinski definition) is 7. The zero-order valence-electron chi connectivity index (χ0n) is 14.6. The van der Waals surface area contributed by atoms with Gasteiger partial charge < -0.3 is 4.43 Å². The van der Waals surface area contributed by atoms with Crippen molar-refractivity contribution in [1.82, 2.24) is 0 Å². The van der Waals surface area contributed by atoms with Crippen LogP contribution in [0.1, 0.15) is 33.6 Å². The Labute approximate surface area is 140 Å². The maximum Gasteiger partial charge on any atom is 0.474 e. The number of rotatable bonds is 11. The molecule has 0 aliphatic heterocycles. The minimum atomic E-state index is -3.77. The van der Waals surface area contributed by atoms with Crippen LogP contribution in [-0.2, 0) is 22.6 Å². The molecule has 0 aromatic rings. The third-order valence-electron chi connectivity index (χ3n) is 3.53. The van der Waals surface area contributed by atoms with Crippen molar-refractivity contribution in [3.63, 3.8) is 0 Å². The van der Waals surface area contributed by atoms with E-state index in [0.717, 1.165) is 0 Å². The van der Waals surface area contributed by atoms with E-state index in [4.69, 9.17) is 28.5 Å². The molecule has 0 amide bonds. The van der Waals surface area contributed by atoms with Crippen molar-refractivity contribution < 1.29 is 22.6 Å². The summed E-state index contributed by atoms with van der Waals surface area (Å²) in [5.74, 6) is 0. The summed E-state index contributed by atoms with van der Waals surface area (Å²) in [4.78, 5) is 0. The Bertz CT molecular complexity index is 455. The molecule has 0 spiro atoms. The molecule has 0 fully saturated rings. The maximum atomic E-state index is 12.4. The van der Waals surface area contributed by atoms with Crippen LogP contribution in [0, 0.1) is 22.7 Å². The maximum absolute atomic E-state index is 12.4. The highest BCUT2D eigenvalue weighted by Crippen LogP contribution is 2.49. The van der Waals surface area contributed by atoms with Gasteiger partial charge in [-0.15, -0.1) is 0 Å². The van der Waals surface area contributed by atoms with Gasteiger partial charge in [-0.25, -0.2) is 4.57 Å². The summed E-state index contributed by atoms with van der Waals surface area (Å²) in [6.07, 6.45) is 0.158. The molecule has 0 unspecified atom stereocenters. The summed E-state index contributed by atoms with van der Waals surface area (Å²) in [6, 6.07) is 3.77. The second kappa shape index (κ2) is 10.2. The summed E-state index contributed by atoms with van der Waals surface area (Å²) in [5.41, 5.74) is 0. The molecule has 0 saturated carbocycles. The van der Waals surface area contributed by atoms with Crippen LogP contribution in [0.4, 0.5) is 0 Å². The van der Waals surface area contributed by atoms with E-state index in [1.54, 1.807) is 0 Å². The quantitative estimate of drug-likeness (QED) is 0.311. The Balaban J connectivity index is 4.41. The van der Waals surface area contributed by atoms with Crippen molar-refractivity contribution in [2.45, 2.75) is 51.7 Å². The molecule has 23 heavy (non-hydrogen) atoms. The molecule has 0 aliphatic rings. The number of phosphoric acid groups is 1. The smallest absolute Gasteiger partial charge is 0.414 e. The normalized spacial score (nSPS) is 12.7. The Kier molecular flexibility index (Phi) is 9.87. The first-order chi connectivity index (χ1) is 10.6. The summed E-state index contributed by atoms with van der Waals surface area (Å²) >= 11 is 0. The average Bonchev–Trinajstić information content (AvgIpc) is 2.43. The minimum absolute atomic E-state index is 0.0522. The summed E-state index contributed by atoms with van der Waals surface area (Å²) in [6.45, 7) is 10.8. The number of phosphoric ester groups is 1. The summed E-state index contributed by atoms with van der Waals surface area (Å²) in [5, 5.41) is 17.1. The van der Waals surface area contributed by atoms with Crippen LogP contribution in [0.5, 0.6) is 0 Å². The highest BCUT2D eigenvalue weighted by Gasteiger charge is 2.37. The Morgan fingerprint density at radius 1 is 0.913 bits per heavy atom. The number of nitriles is 2. The van der Waals surface area contributed by atoms with Gasteiger partial charge in [0.15, 0.2) is 8.32 Å². The van der Waals surface area contributed by atoms with Crippen LogP contribution in [0.3, 0.4) is 0 Å². The molecule has 0 atom stereocenters. The minimum Gasteiger partial charge on any atom is -0.414 e. The number of hydrogen-bond donors (Lipinski definition) is 0. The van der Waals surface area contributed by atoms with Gasteiger partial charge in [0.2, 0.25) is 0 Å². The topological polar surface area (TPSA) is 102 Å². The lowest BCUT2D eigenvalue weighted by molar-refractivity contribution is 0.100. The molecule has 7 nitrogen and oxygen atoms in total. The molecule has 0 rings (SSSR count). The van der Waals surface area contributed by atoms with Crippen molar-refractivity contribution in [3.8, 4) is 12.1 Å². The van der Waals surface area contributed by atoms with Crippen LogP contribution in [-0.4, -0.2) is 34.7 Å². The van der Waals surface area contributed by atoms with Crippen molar-refractivity contribution in [2.75, 3.05) is 26.4 Å². The second-order valence-electron chi connectivity index (χ2n) is 6.37. The molecule has 0 radical (unpaired) electrons. The van der Waals surface area contributed by atoms with E-state index in [0.29, 0.717) is 0 Å². The van der Waals surface area contributed by atoms with Crippen LogP contribution < -0.4 is 0 Å². The van der Waals surface area contributed by atoms with Gasteiger partial charge in [0.05, 0.1) is 51.4 Å². The monoisotopic (exact) mass is 362 g/mol. The fourth-order valence-electron chi connectivity index (χ4n) is 1.18. The lowest BCUT2D eigenvalue weighted by Crippen LogP contribution is -2.41. The highest BCUT2D eigenvalue weighted by molar-refractivity contribution is 7.48. The fourth-order valence-corrected chi connectivity index (χ4v) is 3.36. The van der Waals surface area contributed by atoms with E-state index in [9.17, 15) is 4.57 Å². The van der Waals surface area contributed by atoms with E-state index in [-0.39, 0.29) is 44.3 Å². The van der Waals surface area contributed by atoms with E-state index < -0.39 is 16.1 Å². The predicted octanol–water partition coefficient (Wildman–Crippen LogP) is 3.99. The number of nitrogens with zero attached hydrogens (tertiary/aromatic N) is 2. The largest absolute Gasteiger partial charge is 0.474 e. The van der Waals surface area contributed by atoms with Crippen molar-refractivity contribution in [1.29, 1.82) is 10.5 Å². The Hall–Kier alpha value is -0.733. The van der Waals surface area contributed by atoms with E-state index in [2.05, 4.69) is 33.9 Å². The molecular weight excluding hydrogens is 335 g/mol. The molecule has 0 aliphatic carbocycles. The standard InChI is InChI=1S/C14H27N2O5PSi/c1-14(2,3)23(4,5)21-13-12-20-22(17,18-10-6-8-15)19-11-7-9-16/h6-7,10-13H2,1-5H3. The molecule has 0 bridgehead atoms. The van der Waals surface area contributed by atoms with Gasteiger partial charge in [-0.3, -0.25) is 13.6 Å². The third kappa shape index (κ3) is 9.22. The van der Waals surface area contributed by atoms with Crippen molar-refractivity contribution in [2.24, 2.45) is 0 Å².